The lowest BCUT2D eigenvalue weighted by Gasteiger charge is -2.36. The lowest BCUT2D eigenvalue weighted by Crippen LogP contribution is -2.45. The number of anilines is 1. The maximum atomic E-state index is 11.7. The highest BCUT2D eigenvalue weighted by molar-refractivity contribution is 7.99. The molecule has 1 saturated heterocycles. The molecule has 0 bridgehead atoms. The van der Waals surface area contributed by atoms with E-state index in [1.807, 2.05) is 61.5 Å². The Bertz CT molecular complexity index is 1070. The molecule has 0 radical (unpaired) electrons. The molecule has 1 aliphatic rings. The van der Waals surface area contributed by atoms with Gasteiger partial charge in [0.1, 0.15) is 0 Å². The van der Waals surface area contributed by atoms with Gasteiger partial charge in [0.25, 0.3) is 5.69 Å². The highest BCUT2D eigenvalue weighted by Gasteiger charge is 2.20. The van der Waals surface area contributed by atoms with E-state index >= 15 is 0 Å². The van der Waals surface area contributed by atoms with Crippen LogP contribution >= 0.6 is 23.4 Å². The molecule has 160 valence electrons. The Morgan fingerprint density at radius 3 is 2.42 bits per heavy atom. The van der Waals surface area contributed by atoms with Gasteiger partial charge < -0.3 is 4.90 Å². The predicted molar refractivity (Wildman–Crippen MR) is 127 cm³/mol. The third kappa shape index (κ3) is 5.58. The number of benzene rings is 3. The van der Waals surface area contributed by atoms with E-state index < -0.39 is 0 Å². The van der Waals surface area contributed by atoms with Crippen molar-refractivity contribution in [2.24, 2.45) is 0 Å². The van der Waals surface area contributed by atoms with Gasteiger partial charge >= 0.3 is 0 Å². The van der Waals surface area contributed by atoms with E-state index in [0.29, 0.717) is 11.4 Å². The van der Waals surface area contributed by atoms with Gasteiger partial charge in [0.15, 0.2) is 0 Å². The standard InChI is InChI=1S/C24H24ClN3O2S/c1-18-5-8-22(9-6-18)31-24-10-7-19(15-23(24)28(29)30)17-26-11-13-27(14-12-26)21-4-2-3-20(25)16-21/h2-10,15-16H,11-14,17H2,1H3. The molecule has 3 aromatic rings. The molecule has 7 heteroatoms. The number of piperazine rings is 1. The summed E-state index contributed by atoms with van der Waals surface area (Å²) in [5.74, 6) is 0. The predicted octanol–water partition coefficient (Wildman–Crippen LogP) is 6.03. The Morgan fingerprint density at radius 2 is 1.74 bits per heavy atom. The molecule has 1 heterocycles. The fourth-order valence-corrected chi connectivity index (χ4v) is 4.80. The van der Waals surface area contributed by atoms with Gasteiger partial charge in [-0.3, -0.25) is 15.0 Å². The van der Waals surface area contributed by atoms with Gasteiger partial charge in [0.05, 0.1) is 9.82 Å². The molecular weight excluding hydrogens is 430 g/mol. The molecule has 1 aliphatic heterocycles. The summed E-state index contributed by atoms with van der Waals surface area (Å²) in [5, 5.41) is 12.4. The summed E-state index contributed by atoms with van der Waals surface area (Å²) in [6.45, 7) is 6.36. The van der Waals surface area contributed by atoms with Crippen molar-refractivity contribution in [1.82, 2.24) is 4.90 Å². The Kier molecular flexibility index (Phi) is 6.80. The van der Waals surface area contributed by atoms with Crippen LogP contribution in [0.3, 0.4) is 0 Å². The van der Waals surface area contributed by atoms with Gasteiger partial charge in [0.2, 0.25) is 0 Å². The monoisotopic (exact) mass is 453 g/mol. The average molecular weight is 454 g/mol. The number of nitro benzene ring substituents is 1. The Hall–Kier alpha value is -2.54. The van der Waals surface area contributed by atoms with E-state index in [1.165, 1.54) is 17.3 Å². The number of halogens is 1. The summed E-state index contributed by atoms with van der Waals surface area (Å²) in [6.07, 6.45) is 0. The second-order valence-corrected chi connectivity index (χ2v) is 9.27. The fraction of sp³-hybridized carbons (Fsp3) is 0.250. The summed E-state index contributed by atoms with van der Waals surface area (Å²) in [7, 11) is 0. The lowest BCUT2D eigenvalue weighted by atomic mass is 10.1. The Balaban J connectivity index is 1.41. The minimum Gasteiger partial charge on any atom is -0.369 e. The topological polar surface area (TPSA) is 49.6 Å². The Labute approximate surface area is 191 Å². The number of rotatable bonds is 6. The van der Waals surface area contributed by atoms with Crippen LogP contribution in [0.5, 0.6) is 0 Å². The van der Waals surface area contributed by atoms with Gasteiger partial charge in [-0.15, -0.1) is 0 Å². The normalized spacial score (nSPS) is 14.6. The first-order valence-corrected chi connectivity index (χ1v) is 11.4. The van der Waals surface area contributed by atoms with Gasteiger partial charge in [-0.05, 0) is 48.9 Å². The molecule has 0 saturated carbocycles. The molecular formula is C24H24ClN3O2S. The zero-order valence-corrected chi connectivity index (χ0v) is 18.9. The zero-order chi connectivity index (χ0) is 21.8. The molecule has 0 atom stereocenters. The Morgan fingerprint density at radius 1 is 1.00 bits per heavy atom. The third-order valence-electron chi connectivity index (χ3n) is 5.42. The number of nitro groups is 1. The molecule has 0 aliphatic carbocycles. The van der Waals surface area contributed by atoms with Gasteiger partial charge in [0, 0.05) is 54.4 Å². The molecule has 3 aromatic carbocycles. The van der Waals surface area contributed by atoms with Crippen LogP contribution in [0.1, 0.15) is 11.1 Å². The van der Waals surface area contributed by atoms with Crippen LogP contribution < -0.4 is 4.90 Å². The molecule has 0 N–H and O–H groups in total. The maximum Gasteiger partial charge on any atom is 0.283 e. The van der Waals surface area contributed by atoms with E-state index in [4.69, 9.17) is 11.6 Å². The average Bonchev–Trinajstić information content (AvgIpc) is 2.77. The third-order valence-corrected chi connectivity index (χ3v) is 6.73. The molecule has 0 aromatic heterocycles. The molecule has 1 fully saturated rings. The summed E-state index contributed by atoms with van der Waals surface area (Å²) in [4.78, 5) is 17.8. The second kappa shape index (κ2) is 9.73. The minimum atomic E-state index is -0.281. The van der Waals surface area contributed by atoms with E-state index in [0.717, 1.165) is 47.3 Å². The van der Waals surface area contributed by atoms with Crippen molar-refractivity contribution in [2.45, 2.75) is 23.3 Å². The van der Waals surface area contributed by atoms with Crippen LogP contribution in [-0.2, 0) is 6.54 Å². The first kappa shape index (κ1) is 21.7. The summed E-state index contributed by atoms with van der Waals surface area (Å²) < 4.78 is 0. The van der Waals surface area contributed by atoms with Crippen LogP contribution in [-0.4, -0.2) is 36.0 Å². The largest absolute Gasteiger partial charge is 0.369 e. The molecule has 31 heavy (non-hydrogen) atoms. The number of hydrogen-bond donors (Lipinski definition) is 0. The highest BCUT2D eigenvalue weighted by atomic mass is 35.5. The second-order valence-electron chi connectivity index (χ2n) is 7.72. The first-order valence-electron chi connectivity index (χ1n) is 10.2. The van der Waals surface area contributed by atoms with Crippen molar-refractivity contribution in [3.8, 4) is 0 Å². The van der Waals surface area contributed by atoms with Crippen LogP contribution in [0.4, 0.5) is 11.4 Å². The van der Waals surface area contributed by atoms with Crippen LogP contribution in [0.15, 0.2) is 76.5 Å². The van der Waals surface area contributed by atoms with Crippen LogP contribution in [0.2, 0.25) is 5.02 Å². The number of hydrogen-bond acceptors (Lipinski definition) is 5. The fourth-order valence-electron chi connectivity index (χ4n) is 3.72. The van der Waals surface area contributed by atoms with Gasteiger partial charge in [-0.2, -0.15) is 0 Å². The van der Waals surface area contributed by atoms with Crippen molar-refractivity contribution in [1.29, 1.82) is 0 Å². The lowest BCUT2D eigenvalue weighted by molar-refractivity contribution is -0.387. The number of aryl methyl sites for hydroxylation is 1. The van der Waals surface area contributed by atoms with E-state index in [-0.39, 0.29) is 10.6 Å². The van der Waals surface area contributed by atoms with E-state index in [1.54, 1.807) is 6.07 Å². The quantitative estimate of drug-likeness (QED) is 0.337. The zero-order valence-electron chi connectivity index (χ0n) is 17.3. The van der Waals surface area contributed by atoms with Crippen LogP contribution in [0.25, 0.3) is 0 Å². The van der Waals surface area contributed by atoms with Crippen molar-refractivity contribution >= 4 is 34.7 Å². The summed E-state index contributed by atoms with van der Waals surface area (Å²) in [5.41, 5.74) is 3.45. The molecule has 0 amide bonds. The van der Waals surface area contributed by atoms with E-state index in [2.05, 4.69) is 15.9 Å². The molecule has 0 unspecified atom stereocenters. The smallest absolute Gasteiger partial charge is 0.283 e. The summed E-state index contributed by atoms with van der Waals surface area (Å²) in [6, 6.07) is 21.6. The van der Waals surface area contributed by atoms with E-state index in [9.17, 15) is 10.1 Å². The van der Waals surface area contributed by atoms with Gasteiger partial charge in [-0.25, -0.2) is 0 Å². The molecule has 5 nitrogen and oxygen atoms in total. The van der Waals surface area contributed by atoms with Crippen molar-refractivity contribution in [3.63, 3.8) is 0 Å². The maximum absolute atomic E-state index is 11.7. The molecule has 4 rings (SSSR count). The van der Waals surface area contributed by atoms with Crippen molar-refractivity contribution < 1.29 is 4.92 Å². The van der Waals surface area contributed by atoms with Crippen LogP contribution in [0, 0.1) is 17.0 Å². The van der Waals surface area contributed by atoms with Gasteiger partial charge in [-0.1, -0.05) is 53.2 Å². The summed E-state index contributed by atoms with van der Waals surface area (Å²) >= 11 is 7.55. The van der Waals surface area contributed by atoms with Crippen molar-refractivity contribution in [3.05, 3.63) is 93.0 Å². The highest BCUT2D eigenvalue weighted by Crippen LogP contribution is 2.35. The first-order chi connectivity index (χ1) is 15.0. The molecule has 0 spiro atoms. The number of nitrogens with zero attached hydrogens (tertiary/aromatic N) is 3. The minimum absolute atomic E-state index is 0.167. The van der Waals surface area contributed by atoms with Crippen molar-refractivity contribution in [2.75, 3.05) is 31.1 Å². The SMILES string of the molecule is Cc1ccc(Sc2ccc(CN3CCN(c4cccc(Cl)c4)CC3)cc2[N+](=O)[O-])cc1.